The maximum Gasteiger partial charge on any atom is 0.329 e. The van der Waals surface area contributed by atoms with Crippen molar-refractivity contribution in [3.63, 3.8) is 0 Å². The van der Waals surface area contributed by atoms with Gasteiger partial charge in [-0.1, -0.05) is 48.5 Å². The zero-order chi connectivity index (χ0) is 19.2. The quantitative estimate of drug-likeness (QED) is 0.447. The number of hydrogen-bond donors (Lipinski definition) is 0. The molecule has 2 aromatic carbocycles. The van der Waals surface area contributed by atoms with E-state index in [1.54, 1.807) is 24.3 Å². The van der Waals surface area contributed by atoms with Crippen LogP contribution in [0.2, 0.25) is 0 Å². The van der Waals surface area contributed by atoms with Gasteiger partial charge in [0.2, 0.25) is 0 Å². The van der Waals surface area contributed by atoms with Crippen LogP contribution in [0.15, 0.2) is 72.5 Å². The van der Waals surface area contributed by atoms with Crippen molar-refractivity contribution >= 4 is 23.6 Å². The smallest absolute Gasteiger partial charge is 0.329 e. The first kappa shape index (κ1) is 18.3. The second-order valence-electron chi connectivity index (χ2n) is 6.09. The molecule has 5 heteroatoms. The van der Waals surface area contributed by atoms with Gasteiger partial charge in [-0.05, 0) is 36.3 Å². The van der Waals surface area contributed by atoms with Crippen LogP contribution in [0, 0.1) is 5.92 Å². The van der Waals surface area contributed by atoms with Gasteiger partial charge in [-0.3, -0.25) is 14.4 Å². The number of cyclic esters (lactones) is 1. The topological polar surface area (TPSA) is 69.7 Å². The number of ketones is 2. The Hall–Kier alpha value is -3.47. The molecule has 0 spiro atoms. The Balaban J connectivity index is 1.66. The monoisotopic (exact) mass is 362 g/mol. The SMILES string of the molecule is CC1=CC(=O)C(C(=O)C=Cc2cccc(OCc3ccccc3)c2)C(=O)O1. The van der Waals surface area contributed by atoms with E-state index in [1.165, 1.54) is 13.0 Å². The maximum absolute atomic E-state index is 12.2. The minimum absolute atomic E-state index is 0.196. The van der Waals surface area contributed by atoms with Crippen molar-refractivity contribution in [2.75, 3.05) is 0 Å². The third-order valence-electron chi connectivity index (χ3n) is 3.96. The van der Waals surface area contributed by atoms with Gasteiger partial charge < -0.3 is 9.47 Å². The number of allylic oxidation sites excluding steroid dienone is 3. The normalized spacial score (nSPS) is 16.8. The Bertz CT molecular complexity index is 925. The first-order valence-electron chi connectivity index (χ1n) is 8.45. The van der Waals surface area contributed by atoms with Crippen LogP contribution >= 0.6 is 0 Å². The maximum atomic E-state index is 12.2. The molecule has 0 amide bonds. The summed E-state index contributed by atoms with van der Waals surface area (Å²) in [4.78, 5) is 35.9. The fraction of sp³-hybridized carbons (Fsp3) is 0.136. The number of rotatable bonds is 6. The molecule has 2 aromatic rings. The lowest BCUT2D eigenvalue weighted by Crippen LogP contribution is -2.34. The number of ether oxygens (including phenoxy) is 2. The molecule has 1 unspecified atom stereocenters. The van der Waals surface area contributed by atoms with E-state index in [-0.39, 0.29) is 5.76 Å². The van der Waals surface area contributed by atoms with Crippen LogP contribution in [0.25, 0.3) is 6.08 Å². The predicted molar refractivity (Wildman–Crippen MR) is 99.6 cm³/mol. The molecule has 0 radical (unpaired) electrons. The number of carbonyl (C=O) groups is 3. The standard InChI is InChI=1S/C22H18O5/c1-15-12-20(24)21(22(25)27-15)19(23)11-10-16-8-5-9-18(13-16)26-14-17-6-3-2-4-7-17/h2-13,21H,14H2,1H3. The average molecular weight is 362 g/mol. The van der Waals surface area contributed by atoms with Crippen LogP contribution in [0.1, 0.15) is 18.1 Å². The summed E-state index contributed by atoms with van der Waals surface area (Å²) in [6.07, 6.45) is 3.92. The predicted octanol–water partition coefficient (Wildman–Crippen LogP) is 3.49. The van der Waals surface area contributed by atoms with Gasteiger partial charge in [-0.2, -0.15) is 0 Å². The van der Waals surface area contributed by atoms with Gasteiger partial charge in [0.15, 0.2) is 17.5 Å². The van der Waals surface area contributed by atoms with Gasteiger partial charge in [0.25, 0.3) is 0 Å². The Kier molecular flexibility index (Phi) is 5.61. The highest BCUT2D eigenvalue weighted by Crippen LogP contribution is 2.19. The number of benzene rings is 2. The molecule has 3 rings (SSSR count). The fourth-order valence-corrected chi connectivity index (χ4v) is 2.63. The van der Waals surface area contributed by atoms with Crippen LogP contribution in [0.4, 0.5) is 0 Å². The van der Waals surface area contributed by atoms with Gasteiger partial charge in [0, 0.05) is 6.08 Å². The minimum Gasteiger partial charge on any atom is -0.489 e. The zero-order valence-electron chi connectivity index (χ0n) is 14.8. The molecule has 5 nitrogen and oxygen atoms in total. The first-order valence-corrected chi connectivity index (χ1v) is 8.45. The summed E-state index contributed by atoms with van der Waals surface area (Å²) >= 11 is 0. The van der Waals surface area contributed by atoms with Gasteiger partial charge in [-0.15, -0.1) is 0 Å². The van der Waals surface area contributed by atoms with E-state index in [0.29, 0.717) is 12.4 Å². The Morgan fingerprint density at radius 2 is 1.89 bits per heavy atom. The lowest BCUT2D eigenvalue weighted by Gasteiger charge is -2.15. The molecule has 0 N–H and O–H groups in total. The van der Waals surface area contributed by atoms with E-state index < -0.39 is 23.5 Å². The van der Waals surface area contributed by atoms with Crippen molar-refractivity contribution in [3.05, 3.63) is 83.6 Å². The molecule has 1 heterocycles. The van der Waals surface area contributed by atoms with Crippen molar-refractivity contribution in [3.8, 4) is 5.75 Å². The van der Waals surface area contributed by atoms with Gasteiger partial charge >= 0.3 is 5.97 Å². The van der Waals surface area contributed by atoms with E-state index in [2.05, 4.69) is 0 Å². The number of esters is 1. The molecule has 27 heavy (non-hydrogen) atoms. The van der Waals surface area contributed by atoms with Crippen LogP contribution in [0.3, 0.4) is 0 Å². The summed E-state index contributed by atoms with van der Waals surface area (Å²) in [5.74, 6) is -2.58. The third kappa shape index (κ3) is 4.79. The summed E-state index contributed by atoms with van der Waals surface area (Å²) in [5, 5.41) is 0. The summed E-state index contributed by atoms with van der Waals surface area (Å²) in [7, 11) is 0. The summed E-state index contributed by atoms with van der Waals surface area (Å²) in [5.41, 5.74) is 1.77. The molecule has 0 saturated carbocycles. The molecule has 1 atom stereocenters. The van der Waals surface area contributed by atoms with Gasteiger partial charge in [0.05, 0.1) is 0 Å². The van der Waals surface area contributed by atoms with Crippen LogP contribution in [-0.4, -0.2) is 17.5 Å². The van der Waals surface area contributed by atoms with Crippen LogP contribution < -0.4 is 4.74 Å². The molecule has 1 aliphatic rings. The highest BCUT2D eigenvalue weighted by Gasteiger charge is 2.36. The molecule has 0 aliphatic carbocycles. The number of hydrogen-bond acceptors (Lipinski definition) is 5. The highest BCUT2D eigenvalue weighted by atomic mass is 16.5. The Labute approximate surface area is 156 Å². The molecule has 0 bridgehead atoms. The highest BCUT2D eigenvalue weighted by molar-refractivity contribution is 6.25. The van der Waals surface area contributed by atoms with Gasteiger partial charge in [-0.25, -0.2) is 0 Å². The summed E-state index contributed by atoms with van der Waals surface area (Å²) in [6, 6.07) is 17.0. The second-order valence-corrected chi connectivity index (χ2v) is 6.09. The van der Waals surface area contributed by atoms with Crippen molar-refractivity contribution in [2.24, 2.45) is 5.92 Å². The fourth-order valence-electron chi connectivity index (χ4n) is 2.63. The molecule has 1 aliphatic heterocycles. The van der Waals surface area contributed by atoms with Crippen molar-refractivity contribution < 1.29 is 23.9 Å². The Morgan fingerprint density at radius 1 is 1.11 bits per heavy atom. The second kappa shape index (κ2) is 8.27. The van der Waals surface area contributed by atoms with E-state index in [0.717, 1.165) is 17.2 Å². The van der Waals surface area contributed by atoms with Crippen molar-refractivity contribution in [1.29, 1.82) is 0 Å². The third-order valence-corrected chi connectivity index (χ3v) is 3.96. The van der Waals surface area contributed by atoms with E-state index in [1.807, 2.05) is 36.4 Å². The minimum atomic E-state index is -1.43. The summed E-state index contributed by atoms with van der Waals surface area (Å²) < 4.78 is 10.6. The van der Waals surface area contributed by atoms with Crippen molar-refractivity contribution in [2.45, 2.75) is 13.5 Å². The first-order chi connectivity index (χ1) is 13.0. The molecular formula is C22H18O5. The number of carbonyl (C=O) groups excluding carboxylic acids is 3. The Morgan fingerprint density at radius 3 is 2.63 bits per heavy atom. The summed E-state index contributed by atoms with van der Waals surface area (Å²) in [6.45, 7) is 1.92. The molecule has 0 saturated heterocycles. The van der Waals surface area contributed by atoms with Gasteiger partial charge in [0.1, 0.15) is 18.1 Å². The van der Waals surface area contributed by atoms with Crippen molar-refractivity contribution in [1.82, 2.24) is 0 Å². The largest absolute Gasteiger partial charge is 0.489 e. The molecular weight excluding hydrogens is 344 g/mol. The molecule has 0 aromatic heterocycles. The molecule has 136 valence electrons. The molecule has 0 fully saturated rings. The lowest BCUT2D eigenvalue weighted by atomic mass is 9.96. The van der Waals surface area contributed by atoms with Crippen LogP contribution in [-0.2, 0) is 25.7 Å². The van der Waals surface area contributed by atoms with Crippen LogP contribution in [0.5, 0.6) is 5.75 Å². The average Bonchev–Trinajstić information content (AvgIpc) is 2.65. The lowest BCUT2D eigenvalue weighted by molar-refractivity contribution is -0.151. The van der Waals surface area contributed by atoms with E-state index in [4.69, 9.17) is 9.47 Å². The zero-order valence-corrected chi connectivity index (χ0v) is 14.8. The van der Waals surface area contributed by atoms with E-state index in [9.17, 15) is 14.4 Å². The van der Waals surface area contributed by atoms with E-state index >= 15 is 0 Å².